The maximum Gasteiger partial charge on any atom is 0.150 e. The highest BCUT2D eigenvalue weighted by Gasteiger charge is 2.42. The van der Waals surface area contributed by atoms with E-state index in [9.17, 15) is 4.79 Å². The Bertz CT molecular complexity index is 2160. The number of rotatable bonds is 9. The molecule has 0 saturated carbocycles. The predicted molar refractivity (Wildman–Crippen MR) is 207 cm³/mol. The quantitative estimate of drug-likeness (QED) is 0.146. The third-order valence-electron chi connectivity index (χ3n) is 10.3. The summed E-state index contributed by atoms with van der Waals surface area (Å²) in [5.41, 5.74) is 13.2. The first-order chi connectivity index (χ1) is 24.7. The molecule has 244 valence electrons. The van der Waals surface area contributed by atoms with Crippen molar-refractivity contribution in [3.63, 3.8) is 0 Å². The third-order valence-corrected chi connectivity index (χ3v) is 10.3. The van der Waals surface area contributed by atoms with Crippen molar-refractivity contribution in [1.82, 2.24) is 0 Å². The number of nitrogens with zero attached hydrogens (tertiary/aromatic N) is 2. The highest BCUT2D eigenvalue weighted by molar-refractivity contribution is 5.82. The Balaban J connectivity index is 1.35. The van der Waals surface area contributed by atoms with E-state index in [-0.39, 0.29) is 0 Å². The molecule has 0 fully saturated rings. The maximum absolute atomic E-state index is 12.7. The normalized spacial score (nSPS) is 16.1. The van der Waals surface area contributed by atoms with Gasteiger partial charge in [0.15, 0.2) is 0 Å². The first-order valence-electron chi connectivity index (χ1n) is 17.6. The van der Waals surface area contributed by atoms with Gasteiger partial charge in [-0.25, -0.2) is 0 Å². The smallest absolute Gasteiger partial charge is 0.150 e. The van der Waals surface area contributed by atoms with Gasteiger partial charge in [0.05, 0.1) is 0 Å². The van der Waals surface area contributed by atoms with Gasteiger partial charge in [-0.05, 0) is 120 Å². The van der Waals surface area contributed by atoms with E-state index in [1.54, 1.807) is 0 Å². The molecule has 0 aliphatic heterocycles. The molecule has 0 N–H and O–H groups in total. The fraction of sp³-hybridized carbons (Fsp3) is 0.128. The maximum atomic E-state index is 12.7. The number of fused-ring (bicyclic) bond motifs is 2. The lowest BCUT2D eigenvalue weighted by Crippen LogP contribution is -2.35. The fourth-order valence-electron chi connectivity index (χ4n) is 8.15. The van der Waals surface area contributed by atoms with E-state index in [2.05, 4.69) is 174 Å². The van der Waals surface area contributed by atoms with Crippen LogP contribution in [0.3, 0.4) is 0 Å². The molecule has 50 heavy (non-hydrogen) atoms. The zero-order valence-corrected chi connectivity index (χ0v) is 28.4. The predicted octanol–water partition coefficient (Wildman–Crippen LogP) is 12.0. The summed E-state index contributed by atoms with van der Waals surface area (Å²) >= 11 is 0. The molecule has 2 aliphatic rings. The number of aldehydes is 1. The van der Waals surface area contributed by atoms with E-state index < -0.39 is 5.41 Å². The lowest BCUT2D eigenvalue weighted by atomic mass is 9.60. The van der Waals surface area contributed by atoms with E-state index in [0.29, 0.717) is 0 Å². The van der Waals surface area contributed by atoms with Crippen molar-refractivity contribution in [2.75, 3.05) is 9.80 Å². The molecular formula is C47H40N2O. The van der Waals surface area contributed by atoms with Crippen LogP contribution in [-0.2, 0) is 11.8 Å². The average molecular weight is 649 g/mol. The molecule has 8 rings (SSSR count). The highest BCUT2D eigenvalue weighted by Crippen LogP contribution is 2.51. The minimum absolute atomic E-state index is 0.497. The van der Waals surface area contributed by atoms with Crippen LogP contribution in [0, 0.1) is 0 Å². The van der Waals surface area contributed by atoms with Crippen LogP contribution < -0.4 is 9.80 Å². The molecule has 6 aromatic carbocycles. The van der Waals surface area contributed by atoms with Gasteiger partial charge < -0.3 is 9.80 Å². The Hall–Kier alpha value is -5.93. The Labute approximate surface area is 295 Å². The molecule has 0 saturated heterocycles. The molecule has 2 aliphatic carbocycles. The van der Waals surface area contributed by atoms with Crippen LogP contribution >= 0.6 is 0 Å². The van der Waals surface area contributed by atoms with Crippen LogP contribution in [-0.4, -0.2) is 6.29 Å². The second kappa shape index (κ2) is 13.5. The summed E-state index contributed by atoms with van der Waals surface area (Å²) in [6.45, 7) is 2.26. The monoisotopic (exact) mass is 648 g/mol. The lowest BCUT2D eigenvalue weighted by Gasteiger charge is -2.43. The molecule has 0 aromatic heterocycles. The van der Waals surface area contributed by atoms with Gasteiger partial charge in [-0.2, -0.15) is 0 Å². The molecule has 0 bridgehead atoms. The number of hydrogen-bond donors (Lipinski definition) is 0. The van der Waals surface area contributed by atoms with E-state index in [4.69, 9.17) is 0 Å². The van der Waals surface area contributed by atoms with Crippen molar-refractivity contribution in [3.8, 4) is 0 Å². The van der Waals surface area contributed by atoms with Crippen molar-refractivity contribution in [3.05, 3.63) is 209 Å². The molecule has 1 atom stereocenters. The first-order valence-corrected chi connectivity index (χ1v) is 17.6. The fourth-order valence-corrected chi connectivity index (χ4v) is 8.15. The molecule has 6 aromatic rings. The van der Waals surface area contributed by atoms with Gasteiger partial charge >= 0.3 is 0 Å². The van der Waals surface area contributed by atoms with E-state index in [1.165, 1.54) is 28.0 Å². The standard InChI is InChI=1S/C47H40N2O/c1-2-47(44-26-16-15-17-35(44)34-50)45-29-27-42(48(38-18-7-3-8-19-38)39-20-9-4-10-21-39)32-36(45)31-37-33-43(28-30-46(37)47)49(40-22-11-5-12-23-40)41-24-13-6-14-25-41/h3-5,7-13,15-30,32-34H,2,6,14,31H2,1H3. The second-order valence-corrected chi connectivity index (χ2v) is 13.1. The van der Waals surface area contributed by atoms with E-state index in [0.717, 1.165) is 71.5 Å². The van der Waals surface area contributed by atoms with Crippen LogP contribution in [0.25, 0.3) is 0 Å². The molecular weight excluding hydrogens is 609 g/mol. The number of allylic oxidation sites excluding steroid dienone is 3. The Morgan fingerprint density at radius 1 is 0.560 bits per heavy atom. The summed E-state index contributed by atoms with van der Waals surface area (Å²) in [7, 11) is 0. The molecule has 1 unspecified atom stereocenters. The van der Waals surface area contributed by atoms with Gasteiger partial charge in [0.25, 0.3) is 0 Å². The zero-order chi connectivity index (χ0) is 33.9. The summed E-state index contributed by atoms with van der Waals surface area (Å²) in [6, 6.07) is 53.9. The van der Waals surface area contributed by atoms with Crippen molar-refractivity contribution < 1.29 is 4.79 Å². The van der Waals surface area contributed by atoms with Crippen molar-refractivity contribution in [2.45, 2.75) is 38.0 Å². The second-order valence-electron chi connectivity index (χ2n) is 13.1. The van der Waals surface area contributed by atoms with Crippen molar-refractivity contribution >= 4 is 34.7 Å². The SMILES string of the molecule is CCC1(c2ccccc2C=O)c2ccc(N(C3=CCCC=C3)c3ccccc3)cc2Cc2cc(N(c3ccccc3)c3ccccc3)ccc21. The topological polar surface area (TPSA) is 23.6 Å². The van der Waals surface area contributed by atoms with Crippen LogP contribution in [0.5, 0.6) is 0 Å². The van der Waals surface area contributed by atoms with Crippen LogP contribution in [0.2, 0.25) is 0 Å². The zero-order valence-electron chi connectivity index (χ0n) is 28.4. The van der Waals surface area contributed by atoms with Crippen LogP contribution in [0.1, 0.15) is 64.4 Å². The minimum Gasteiger partial charge on any atom is -0.311 e. The molecule has 3 nitrogen and oxygen atoms in total. The number of anilines is 5. The van der Waals surface area contributed by atoms with Crippen molar-refractivity contribution in [2.24, 2.45) is 0 Å². The molecule has 0 radical (unpaired) electrons. The Morgan fingerprint density at radius 2 is 1.08 bits per heavy atom. The summed E-state index contributed by atoms with van der Waals surface area (Å²) in [4.78, 5) is 17.4. The van der Waals surface area contributed by atoms with Gasteiger partial charge in [-0.3, -0.25) is 4.79 Å². The van der Waals surface area contributed by atoms with Crippen LogP contribution in [0.15, 0.2) is 176 Å². The number of hydrogen-bond acceptors (Lipinski definition) is 3. The van der Waals surface area contributed by atoms with Gasteiger partial charge in [0, 0.05) is 45.1 Å². The van der Waals surface area contributed by atoms with Gasteiger partial charge in [-0.1, -0.05) is 110 Å². The number of para-hydroxylation sites is 3. The highest BCUT2D eigenvalue weighted by atomic mass is 16.1. The first kappa shape index (κ1) is 31.3. The number of carbonyl (C=O) groups excluding carboxylic acids is 1. The lowest BCUT2D eigenvalue weighted by molar-refractivity contribution is 0.112. The molecule has 0 spiro atoms. The average Bonchev–Trinajstić information content (AvgIpc) is 3.19. The van der Waals surface area contributed by atoms with Gasteiger partial charge in [-0.15, -0.1) is 0 Å². The van der Waals surface area contributed by atoms with E-state index >= 15 is 0 Å². The number of benzene rings is 6. The summed E-state index contributed by atoms with van der Waals surface area (Å²) in [6.07, 6.45) is 11.6. The minimum atomic E-state index is -0.497. The Morgan fingerprint density at radius 3 is 1.60 bits per heavy atom. The molecule has 0 heterocycles. The van der Waals surface area contributed by atoms with Crippen LogP contribution in [0.4, 0.5) is 28.4 Å². The summed E-state index contributed by atoms with van der Waals surface area (Å²) < 4.78 is 0. The van der Waals surface area contributed by atoms with Gasteiger partial charge in [0.1, 0.15) is 6.29 Å². The van der Waals surface area contributed by atoms with Crippen molar-refractivity contribution in [1.29, 1.82) is 0 Å². The largest absolute Gasteiger partial charge is 0.311 e. The Kier molecular flexibility index (Phi) is 8.48. The van der Waals surface area contributed by atoms with Gasteiger partial charge in [0.2, 0.25) is 0 Å². The third kappa shape index (κ3) is 5.45. The molecule has 0 amide bonds. The summed E-state index contributed by atoms with van der Waals surface area (Å²) in [5, 5.41) is 0. The summed E-state index contributed by atoms with van der Waals surface area (Å²) in [5.74, 6) is 0. The number of carbonyl (C=O) groups is 1. The van der Waals surface area contributed by atoms with E-state index in [1.807, 2.05) is 12.1 Å². The molecule has 3 heteroatoms.